The number of nitrogens with one attached hydrogen (secondary N) is 3. The summed E-state index contributed by atoms with van der Waals surface area (Å²) >= 11 is 0. The van der Waals surface area contributed by atoms with Gasteiger partial charge >= 0.3 is 6.18 Å². The van der Waals surface area contributed by atoms with Gasteiger partial charge in [0, 0.05) is 5.69 Å². The van der Waals surface area contributed by atoms with Crippen molar-refractivity contribution in [3.05, 3.63) is 59.7 Å². The fourth-order valence-corrected chi connectivity index (χ4v) is 2.83. The lowest BCUT2D eigenvalue weighted by Gasteiger charge is -2.18. The molecule has 8 heteroatoms. The third-order valence-electron chi connectivity index (χ3n) is 4.47. The van der Waals surface area contributed by atoms with Crippen molar-refractivity contribution in [3.8, 4) is 0 Å². The smallest absolute Gasteiger partial charge is 0.321 e. The zero-order chi connectivity index (χ0) is 21.4. The van der Waals surface area contributed by atoms with Gasteiger partial charge < -0.3 is 15.5 Å². The molecule has 3 N–H and O–H groups in total. The Kier molecular flexibility index (Phi) is 7.78. The van der Waals surface area contributed by atoms with Crippen LogP contribution >= 0.6 is 0 Å². The highest BCUT2D eigenvalue weighted by molar-refractivity contribution is 5.93. The molecule has 0 fully saturated rings. The highest BCUT2D eigenvalue weighted by Crippen LogP contribution is 2.34. The summed E-state index contributed by atoms with van der Waals surface area (Å²) in [6, 6.07) is 12.3. The van der Waals surface area contributed by atoms with Crippen molar-refractivity contribution in [1.29, 1.82) is 0 Å². The highest BCUT2D eigenvalue weighted by Gasteiger charge is 2.33. The van der Waals surface area contributed by atoms with Gasteiger partial charge in [-0.1, -0.05) is 31.2 Å². The standard InChI is InChI=1S/C21H24F3N3O2/c1-3-15-9-11-16(12-10-15)25-19(28)13-27(4-2)14-20(29)26-18-8-6-5-7-17(18)21(22,23)24/h5-12H,3-4,13-14H2,1-2H3,(H,25,28)(H,26,29)/p+1. The number of quaternary nitrogens is 1. The molecule has 0 aliphatic heterocycles. The fraction of sp³-hybridized carbons (Fsp3) is 0.333. The van der Waals surface area contributed by atoms with E-state index in [-0.39, 0.29) is 24.7 Å². The fourth-order valence-electron chi connectivity index (χ4n) is 2.83. The second-order valence-corrected chi connectivity index (χ2v) is 6.65. The topological polar surface area (TPSA) is 62.6 Å². The molecule has 0 heterocycles. The molecule has 5 nitrogen and oxygen atoms in total. The Morgan fingerprint density at radius 1 is 0.897 bits per heavy atom. The number of benzene rings is 2. The van der Waals surface area contributed by atoms with Crippen LogP contribution in [-0.4, -0.2) is 31.4 Å². The molecule has 156 valence electrons. The average molecular weight is 408 g/mol. The first kappa shape index (κ1) is 22.4. The lowest BCUT2D eigenvalue weighted by Crippen LogP contribution is -3.13. The molecule has 29 heavy (non-hydrogen) atoms. The molecule has 0 radical (unpaired) electrons. The van der Waals surface area contributed by atoms with Gasteiger partial charge in [0.1, 0.15) is 0 Å². The summed E-state index contributed by atoms with van der Waals surface area (Å²) in [6.45, 7) is 4.21. The monoisotopic (exact) mass is 408 g/mol. The molecule has 2 amide bonds. The molecule has 0 saturated heterocycles. The number of carbonyl (C=O) groups is 2. The largest absolute Gasteiger partial charge is 0.418 e. The van der Waals surface area contributed by atoms with E-state index in [9.17, 15) is 22.8 Å². The van der Waals surface area contributed by atoms with E-state index in [0.29, 0.717) is 17.1 Å². The van der Waals surface area contributed by atoms with E-state index >= 15 is 0 Å². The molecule has 0 aliphatic rings. The molecule has 0 bridgehead atoms. The normalized spacial score (nSPS) is 12.3. The Hall–Kier alpha value is -2.87. The number of rotatable bonds is 8. The zero-order valence-corrected chi connectivity index (χ0v) is 16.4. The van der Waals surface area contributed by atoms with E-state index in [1.807, 2.05) is 31.2 Å². The van der Waals surface area contributed by atoms with Crippen LogP contribution in [0, 0.1) is 0 Å². The second-order valence-electron chi connectivity index (χ2n) is 6.65. The zero-order valence-electron chi connectivity index (χ0n) is 16.4. The number of anilines is 2. The Labute approximate surface area is 167 Å². The van der Waals surface area contributed by atoms with Crippen molar-refractivity contribution >= 4 is 23.2 Å². The number of carbonyl (C=O) groups excluding carboxylic acids is 2. The average Bonchev–Trinajstić information content (AvgIpc) is 2.67. The van der Waals surface area contributed by atoms with Crippen LogP contribution in [-0.2, 0) is 22.2 Å². The van der Waals surface area contributed by atoms with E-state index in [1.54, 1.807) is 6.92 Å². The van der Waals surface area contributed by atoms with E-state index in [1.165, 1.54) is 18.2 Å². The molecule has 0 saturated carbocycles. The maximum atomic E-state index is 13.0. The summed E-state index contributed by atoms with van der Waals surface area (Å²) in [6.07, 6.45) is -3.66. The van der Waals surface area contributed by atoms with Crippen LogP contribution in [0.15, 0.2) is 48.5 Å². The van der Waals surface area contributed by atoms with E-state index in [4.69, 9.17) is 0 Å². The molecule has 1 unspecified atom stereocenters. The van der Waals surface area contributed by atoms with Gasteiger partial charge in [0.25, 0.3) is 11.8 Å². The Bertz CT molecular complexity index is 836. The number of amides is 2. The van der Waals surface area contributed by atoms with Gasteiger partial charge in [-0.15, -0.1) is 0 Å². The number of alkyl halides is 3. The molecular weight excluding hydrogens is 383 g/mol. The predicted molar refractivity (Wildman–Crippen MR) is 106 cm³/mol. The minimum absolute atomic E-state index is 0.0281. The van der Waals surface area contributed by atoms with Crippen molar-refractivity contribution in [3.63, 3.8) is 0 Å². The Morgan fingerprint density at radius 3 is 2.03 bits per heavy atom. The third kappa shape index (κ3) is 6.90. The van der Waals surface area contributed by atoms with Crippen molar-refractivity contribution < 1.29 is 27.7 Å². The summed E-state index contributed by atoms with van der Waals surface area (Å²) in [5.74, 6) is -0.853. The summed E-state index contributed by atoms with van der Waals surface area (Å²) in [5, 5.41) is 5.08. The van der Waals surface area contributed by atoms with E-state index < -0.39 is 17.6 Å². The Balaban J connectivity index is 1.93. The van der Waals surface area contributed by atoms with Crippen LogP contribution in [0.25, 0.3) is 0 Å². The molecule has 2 aromatic carbocycles. The quantitative estimate of drug-likeness (QED) is 0.629. The van der Waals surface area contributed by atoms with Gasteiger partial charge in [-0.05, 0) is 43.2 Å². The lowest BCUT2D eigenvalue weighted by atomic mass is 10.1. The molecule has 0 aliphatic carbocycles. The molecular formula is C21H25F3N3O2+. The van der Waals surface area contributed by atoms with Gasteiger partial charge in [0.15, 0.2) is 13.1 Å². The SMILES string of the molecule is CCc1ccc(NC(=O)C[NH+](CC)CC(=O)Nc2ccccc2C(F)(F)F)cc1. The maximum Gasteiger partial charge on any atom is 0.418 e. The van der Waals surface area contributed by atoms with Gasteiger partial charge in [-0.25, -0.2) is 0 Å². The van der Waals surface area contributed by atoms with E-state index in [2.05, 4.69) is 10.6 Å². The number of para-hydroxylation sites is 1. The first-order valence-corrected chi connectivity index (χ1v) is 9.41. The van der Waals surface area contributed by atoms with Gasteiger partial charge in [-0.2, -0.15) is 13.2 Å². The van der Waals surface area contributed by atoms with Crippen LogP contribution in [0.1, 0.15) is 25.0 Å². The van der Waals surface area contributed by atoms with Crippen LogP contribution in [0.2, 0.25) is 0 Å². The lowest BCUT2D eigenvalue weighted by molar-refractivity contribution is -0.881. The van der Waals surface area contributed by atoms with Gasteiger partial charge in [-0.3, -0.25) is 9.59 Å². The number of hydrogen-bond donors (Lipinski definition) is 3. The Morgan fingerprint density at radius 2 is 1.48 bits per heavy atom. The molecule has 0 aromatic heterocycles. The summed E-state index contributed by atoms with van der Waals surface area (Å²) in [4.78, 5) is 25.1. The minimum Gasteiger partial charge on any atom is -0.321 e. The highest BCUT2D eigenvalue weighted by atomic mass is 19.4. The summed E-state index contributed by atoms with van der Waals surface area (Å²) in [5.41, 5.74) is 0.617. The summed E-state index contributed by atoms with van der Waals surface area (Å²) in [7, 11) is 0. The van der Waals surface area contributed by atoms with Gasteiger partial charge in [0.05, 0.1) is 17.8 Å². The molecule has 2 aromatic rings. The number of halogens is 3. The van der Waals surface area contributed by atoms with Gasteiger partial charge in [0.2, 0.25) is 0 Å². The van der Waals surface area contributed by atoms with Crippen molar-refractivity contribution in [1.82, 2.24) is 0 Å². The van der Waals surface area contributed by atoms with Crippen molar-refractivity contribution in [2.45, 2.75) is 26.4 Å². The van der Waals surface area contributed by atoms with Crippen LogP contribution < -0.4 is 15.5 Å². The first-order chi connectivity index (χ1) is 13.7. The maximum absolute atomic E-state index is 13.0. The molecule has 0 spiro atoms. The first-order valence-electron chi connectivity index (χ1n) is 9.41. The molecule has 1 atom stereocenters. The van der Waals surface area contributed by atoms with E-state index in [0.717, 1.165) is 18.1 Å². The van der Waals surface area contributed by atoms with Crippen LogP contribution in [0.4, 0.5) is 24.5 Å². The predicted octanol–water partition coefficient (Wildman–Crippen LogP) is 2.75. The number of aryl methyl sites for hydroxylation is 1. The van der Waals surface area contributed by atoms with Crippen LogP contribution in [0.3, 0.4) is 0 Å². The van der Waals surface area contributed by atoms with Crippen LogP contribution in [0.5, 0.6) is 0 Å². The number of likely N-dealkylation sites (N-methyl/N-ethyl adjacent to an activating group) is 1. The number of hydrogen-bond acceptors (Lipinski definition) is 2. The second kappa shape index (κ2) is 10.1. The van der Waals surface area contributed by atoms with Crippen molar-refractivity contribution in [2.75, 3.05) is 30.3 Å². The minimum atomic E-state index is -4.56. The third-order valence-corrected chi connectivity index (χ3v) is 4.47. The molecule has 2 rings (SSSR count). The summed E-state index contributed by atoms with van der Waals surface area (Å²) < 4.78 is 39.1. The van der Waals surface area contributed by atoms with Crippen molar-refractivity contribution in [2.24, 2.45) is 0 Å².